The number of nitro benzene ring substituents is 1. The van der Waals surface area contributed by atoms with E-state index in [9.17, 15) is 10.1 Å². The monoisotopic (exact) mass is 419 g/mol. The molecule has 0 aliphatic carbocycles. The van der Waals surface area contributed by atoms with Gasteiger partial charge in [0.2, 0.25) is 0 Å². The van der Waals surface area contributed by atoms with Crippen LogP contribution in [0.4, 0.5) is 5.69 Å². The Bertz CT molecular complexity index is 664. The molecule has 7 heteroatoms. The Kier molecular flexibility index (Phi) is 5.01. The summed E-state index contributed by atoms with van der Waals surface area (Å²) in [5.74, 6) is 0.625. The maximum atomic E-state index is 10.9. The summed E-state index contributed by atoms with van der Waals surface area (Å²) >= 11 is 12.3. The SMILES string of the molecule is O=[N+]([O-])c1cc(COc2ccc(Cl)cc2Br)ccc1Br. The summed E-state index contributed by atoms with van der Waals surface area (Å²) in [5, 5.41) is 11.5. The second kappa shape index (κ2) is 6.56. The van der Waals surface area contributed by atoms with Crippen molar-refractivity contribution < 1.29 is 9.66 Å². The molecule has 2 aromatic carbocycles. The molecule has 0 atom stereocenters. The van der Waals surface area contributed by atoms with Crippen LogP contribution in [0.3, 0.4) is 0 Å². The van der Waals surface area contributed by atoms with Gasteiger partial charge < -0.3 is 4.74 Å². The molecule has 4 nitrogen and oxygen atoms in total. The largest absolute Gasteiger partial charge is 0.488 e. The number of halogens is 3. The predicted molar refractivity (Wildman–Crippen MR) is 84.3 cm³/mol. The molecule has 0 aliphatic rings. The summed E-state index contributed by atoms with van der Waals surface area (Å²) in [6.07, 6.45) is 0. The average molecular weight is 421 g/mol. The first kappa shape index (κ1) is 15.3. The molecule has 0 fully saturated rings. The molecule has 2 rings (SSSR count). The molecule has 0 radical (unpaired) electrons. The fraction of sp³-hybridized carbons (Fsp3) is 0.0769. The van der Waals surface area contributed by atoms with Crippen molar-refractivity contribution in [2.75, 3.05) is 0 Å². The molecule has 20 heavy (non-hydrogen) atoms. The van der Waals surface area contributed by atoms with Crippen LogP contribution in [0.15, 0.2) is 45.3 Å². The molecule has 2 aromatic rings. The molecule has 0 spiro atoms. The molecule has 0 unspecified atom stereocenters. The van der Waals surface area contributed by atoms with Gasteiger partial charge in [-0.1, -0.05) is 17.7 Å². The molecule has 104 valence electrons. The Balaban J connectivity index is 2.15. The van der Waals surface area contributed by atoms with E-state index in [1.54, 1.807) is 30.3 Å². The number of hydrogen-bond donors (Lipinski definition) is 0. The molecule has 0 aromatic heterocycles. The van der Waals surface area contributed by atoms with Gasteiger partial charge in [0.15, 0.2) is 0 Å². The van der Waals surface area contributed by atoms with E-state index in [2.05, 4.69) is 31.9 Å². The third-order valence-corrected chi connectivity index (χ3v) is 4.02. The van der Waals surface area contributed by atoms with E-state index in [-0.39, 0.29) is 12.3 Å². The van der Waals surface area contributed by atoms with Crippen LogP contribution in [-0.2, 0) is 6.61 Å². The lowest BCUT2D eigenvalue weighted by Gasteiger charge is -2.08. The molecular formula is C13H8Br2ClNO3. The summed E-state index contributed by atoms with van der Waals surface area (Å²) in [6.45, 7) is 0.231. The average Bonchev–Trinajstić information content (AvgIpc) is 2.39. The molecule has 0 amide bonds. The lowest BCUT2D eigenvalue weighted by molar-refractivity contribution is -0.385. The van der Waals surface area contributed by atoms with Crippen molar-refractivity contribution in [2.45, 2.75) is 6.61 Å². The van der Waals surface area contributed by atoms with Gasteiger partial charge in [-0.2, -0.15) is 0 Å². The molecule has 0 N–H and O–H groups in total. The Morgan fingerprint density at radius 1 is 1.15 bits per heavy atom. The van der Waals surface area contributed by atoms with Crippen molar-refractivity contribution in [3.63, 3.8) is 0 Å². The topological polar surface area (TPSA) is 52.4 Å². The summed E-state index contributed by atoms with van der Waals surface area (Å²) < 4.78 is 6.79. The number of nitro groups is 1. The van der Waals surface area contributed by atoms with Crippen LogP contribution in [-0.4, -0.2) is 4.92 Å². The smallest absolute Gasteiger partial charge is 0.283 e. The quantitative estimate of drug-likeness (QED) is 0.494. The Morgan fingerprint density at radius 2 is 1.90 bits per heavy atom. The van der Waals surface area contributed by atoms with Crippen molar-refractivity contribution in [2.24, 2.45) is 0 Å². The van der Waals surface area contributed by atoms with E-state index in [4.69, 9.17) is 16.3 Å². The zero-order valence-electron chi connectivity index (χ0n) is 9.98. The summed E-state index contributed by atoms with van der Waals surface area (Å²) in [7, 11) is 0. The Morgan fingerprint density at radius 3 is 2.55 bits per heavy atom. The zero-order valence-corrected chi connectivity index (χ0v) is 13.9. The first-order chi connectivity index (χ1) is 9.47. The van der Waals surface area contributed by atoms with Crippen LogP contribution in [0.2, 0.25) is 5.02 Å². The molecule has 0 saturated heterocycles. The van der Waals surface area contributed by atoms with Crippen LogP contribution in [0.1, 0.15) is 5.56 Å². The van der Waals surface area contributed by atoms with Gasteiger partial charge in [-0.25, -0.2) is 0 Å². The lowest BCUT2D eigenvalue weighted by atomic mass is 10.2. The normalized spacial score (nSPS) is 10.3. The highest BCUT2D eigenvalue weighted by molar-refractivity contribution is 9.11. The third kappa shape index (κ3) is 3.71. The van der Waals surface area contributed by atoms with Crippen LogP contribution in [0.5, 0.6) is 5.75 Å². The lowest BCUT2D eigenvalue weighted by Crippen LogP contribution is -1.98. The molecule has 0 aliphatic heterocycles. The van der Waals surface area contributed by atoms with Gasteiger partial charge >= 0.3 is 0 Å². The number of ether oxygens (including phenoxy) is 1. The van der Waals surface area contributed by atoms with Crippen LogP contribution >= 0.6 is 43.5 Å². The van der Waals surface area contributed by atoms with Gasteiger partial charge in [-0.3, -0.25) is 10.1 Å². The molecular weight excluding hydrogens is 413 g/mol. The van der Waals surface area contributed by atoms with E-state index in [0.717, 1.165) is 4.47 Å². The number of rotatable bonds is 4. The molecule has 0 bridgehead atoms. The second-order valence-electron chi connectivity index (χ2n) is 3.91. The number of nitrogens with zero attached hydrogens (tertiary/aromatic N) is 1. The van der Waals surface area contributed by atoms with Gasteiger partial charge in [0.05, 0.1) is 13.9 Å². The van der Waals surface area contributed by atoms with Gasteiger partial charge in [0.1, 0.15) is 12.4 Å². The van der Waals surface area contributed by atoms with E-state index in [1.165, 1.54) is 6.07 Å². The fourth-order valence-corrected chi connectivity index (χ4v) is 2.73. The predicted octanol–water partition coefficient (Wildman–Crippen LogP) is 5.35. The van der Waals surface area contributed by atoms with E-state index in [1.807, 2.05) is 0 Å². The summed E-state index contributed by atoms with van der Waals surface area (Å²) in [6, 6.07) is 10.1. The van der Waals surface area contributed by atoms with Gasteiger partial charge in [0, 0.05) is 11.1 Å². The number of benzene rings is 2. The van der Waals surface area contributed by atoms with Crippen LogP contribution in [0.25, 0.3) is 0 Å². The van der Waals surface area contributed by atoms with Crippen molar-refractivity contribution in [3.05, 3.63) is 66.0 Å². The minimum atomic E-state index is -0.439. The van der Waals surface area contributed by atoms with E-state index in [0.29, 0.717) is 20.8 Å². The summed E-state index contributed by atoms with van der Waals surface area (Å²) in [4.78, 5) is 10.4. The Hall–Kier alpha value is -1.11. The first-order valence-corrected chi connectivity index (χ1v) is 7.44. The van der Waals surface area contributed by atoms with Gasteiger partial charge in [-0.15, -0.1) is 0 Å². The van der Waals surface area contributed by atoms with Crippen LogP contribution in [0, 0.1) is 10.1 Å². The Labute approximate surface area is 137 Å². The van der Waals surface area contributed by atoms with Crippen LogP contribution < -0.4 is 4.74 Å². The van der Waals surface area contributed by atoms with E-state index < -0.39 is 4.92 Å². The maximum absolute atomic E-state index is 10.9. The molecule has 0 heterocycles. The summed E-state index contributed by atoms with van der Waals surface area (Å²) in [5.41, 5.74) is 0.725. The highest BCUT2D eigenvalue weighted by Gasteiger charge is 2.12. The minimum absolute atomic E-state index is 0.0151. The van der Waals surface area contributed by atoms with Crippen molar-refractivity contribution >= 4 is 49.1 Å². The van der Waals surface area contributed by atoms with Crippen molar-refractivity contribution in [1.29, 1.82) is 0 Å². The second-order valence-corrected chi connectivity index (χ2v) is 6.05. The highest BCUT2D eigenvalue weighted by atomic mass is 79.9. The van der Waals surface area contributed by atoms with E-state index >= 15 is 0 Å². The first-order valence-electron chi connectivity index (χ1n) is 5.48. The number of hydrogen-bond acceptors (Lipinski definition) is 3. The highest BCUT2D eigenvalue weighted by Crippen LogP contribution is 2.30. The molecule has 0 saturated carbocycles. The van der Waals surface area contributed by atoms with Crippen molar-refractivity contribution in [1.82, 2.24) is 0 Å². The van der Waals surface area contributed by atoms with Gasteiger partial charge in [0.25, 0.3) is 5.69 Å². The standard InChI is InChI=1S/C13H8Br2ClNO3/c14-10-3-1-8(5-12(10)17(18)19)7-20-13-4-2-9(16)6-11(13)15/h1-6H,7H2. The zero-order chi connectivity index (χ0) is 14.7. The minimum Gasteiger partial charge on any atom is -0.488 e. The van der Waals surface area contributed by atoms with Gasteiger partial charge in [-0.05, 0) is 61.7 Å². The third-order valence-electron chi connectivity index (χ3n) is 2.50. The van der Waals surface area contributed by atoms with Crippen molar-refractivity contribution in [3.8, 4) is 5.75 Å². The maximum Gasteiger partial charge on any atom is 0.283 e. The fourth-order valence-electron chi connectivity index (χ4n) is 1.54.